The molecule has 0 aliphatic carbocycles. The van der Waals surface area contributed by atoms with E-state index in [1.165, 1.54) is 5.56 Å². The van der Waals surface area contributed by atoms with E-state index in [1.807, 2.05) is 12.1 Å². The maximum Gasteiger partial charge on any atom is 0.290 e. The van der Waals surface area contributed by atoms with Crippen LogP contribution in [0.3, 0.4) is 0 Å². The van der Waals surface area contributed by atoms with Crippen LogP contribution in [-0.4, -0.2) is 31.1 Å². The van der Waals surface area contributed by atoms with E-state index in [9.17, 15) is 9.59 Å². The van der Waals surface area contributed by atoms with Crippen molar-refractivity contribution in [2.75, 3.05) is 20.3 Å². The first-order chi connectivity index (χ1) is 13.8. The molecular weight excluding hydrogens is 366 g/mol. The van der Waals surface area contributed by atoms with Crippen molar-refractivity contribution < 1.29 is 13.9 Å². The number of carbonyl (C=O) groups is 1. The molecule has 0 fully saturated rings. The normalized spacial score (nSPS) is 16.5. The highest BCUT2D eigenvalue weighted by molar-refractivity contribution is 5.99. The average molecular weight is 391 g/mol. The number of ether oxygens (including phenoxy) is 1. The third kappa shape index (κ3) is 3.25. The van der Waals surface area contributed by atoms with E-state index in [1.54, 1.807) is 36.3 Å². The molecule has 1 atom stereocenters. The highest BCUT2D eigenvalue weighted by atomic mass is 16.5. The predicted molar refractivity (Wildman–Crippen MR) is 112 cm³/mol. The number of amides is 1. The molecule has 5 heteroatoms. The molecule has 5 nitrogen and oxygen atoms in total. The molecule has 150 valence electrons. The van der Waals surface area contributed by atoms with Crippen molar-refractivity contribution in [3.63, 3.8) is 0 Å². The summed E-state index contributed by atoms with van der Waals surface area (Å²) in [4.78, 5) is 28.1. The number of nitrogens with zero attached hydrogens (tertiary/aromatic N) is 1. The molecule has 1 amide bonds. The lowest BCUT2D eigenvalue weighted by molar-refractivity contribution is 0.0663. The zero-order valence-corrected chi connectivity index (χ0v) is 17.2. The van der Waals surface area contributed by atoms with Gasteiger partial charge in [0.25, 0.3) is 5.91 Å². The van der Waals surface area contributed by atoms with Gasteiger partial charge in [0, 0.05) is 13.7 Å². The molecular formula is C24H25NO4. The summed E-state index contributed by atoms with van der Waals surface area (Å²) in [6.07, 6.45) is 0. The molecule has 1 aliphatic rings. The first-order valence-electron chi connectivity index (χ1n) is 9.79. The van der Waals surface area contributed by atoms with Gasteiger partial charge < -0.3 is 14.1 Å². The molecule has 4 rings (SSSR count). The van der Waals surface area contributed by atoms with Gasteiger partial charge in [-0.25, -0.2) is 0 Å². The Morgan fingerprint density at radius 2 is 1.72 bits per heavy atom. The topological polar surface area (TPSA) is 59.8 Å². The second-order valence-corrected chi connectivity index (χ2v) is 8.44. The molecule has 0 radical (unpaired) electrons. The van der Waals surface area contributed by atoms with Gasteiger partial charge in [0.1, 0.15) is 5.58 Å². The zero-order chi connectivity index (χ0) is 20.8. The fourth-order valence-corrected chi connectivity index (χ4v) is 3.90. The number of methoxy groups -OCH3 is 1. The third-order valence-corrected chi connectivity index (χ3v) is 5.50. The maximum atomic E-state index is 13.3. The number of hydrogen-bond acceptors (Lipinski definition) is 4. The summed E-state index contributed by atoms with van der Waals surface area (Å²) >= 11 is 0. The van der Waals surface area contributed by atoms with Gasteiger partial charge in [0.15, 0.2) is 5.43 Å². The molecule has 0 saturated heterocycles. The number of fused-ring (bicyclic) bond motifs is 2. The summed E-state index contributed by atoms with van der Waals surface area (Å²) in [5.41, 5.74) is 2.80. The number of rotatable bonds is 4. The summed E-state index contributed by atoms with van der Waals surface area (Å²) in [5, 5.41) is 0.490. The Morgan fingerprint density at radius 1 is 1.03 bits per heavy atom. The SMILES string of the molecule is COCCN1C(=O)c2oc3ccccc3c(=O)c2C1c1ccc(C(C)(C)C)cc1. The van der Waals surface area contributed by atoms with E-state index >= 15 is 0 Å². The van der Waals surface area contributed by atoms with Gasteiger partial charge in [-0.2, -0.15) is 0 Å². The summed E-state index contributed by atoms with van der Waals surface area (Å²) < 4.78 is 11.1. The lowest BCUT2D eigenvalue weighted by Gasteiger charge is -2.26. The van der Waals surface area contributed by atoms with Gasteiger partial charge in [0.2, 0.25) is 5.76 Å². The first kappa shape index (κ1) is 19.4. The Hall–Kier alpha value is -2.92. The molecule has 2 aromatic carbocycles. The molecule has 1 aromatic heterocycles. The average Bonchev–Trinajstić information content (AvgIpc) is 2.98. The fraction of sp³-hybridized carbons (Fsp3) is 0.333. The van der Waals surface area contributed by atoms with Crippen LogP contribution >= 0.6 is 0 Å². The standard InChI is InChI=1S/C24H25NO4/c1-24(2,3)16-11-9-15(10-12-16)20-19-21(26)17-7-5-6-8-18(17)29-22(19)23(27)25(20)13-14-28-4/h5-12,20H,13-14H2,1-4H3. The van der Waals surface area contributed by atoms with Gasteiger partial charge in [-0.3, -0.25) is 9.59 Å². The minimum absolute atomic E-state index is 0.0207. The first-order valence-corrected chi connectivity index (χ1v) is 9.79. The third-order valence-electron chi connectivity index (χ3n) is 5.50. The predicted octanol–water partition coefficient (Wildman–Crippen LogP) is 4.28. The number of hydrogen-bond donors (Lipinski definition) is 0. The van der Waals surface area contributed by atoms with Gasteiger partial charge in [-0.1, -0.05) is 57.2 Å². The zero-order valence-electron chi connectivity index (χ0n) is 17.2. The van der Waals surface area contributed by atoms with Crippen LogP contribution < -0.4 is 5.43 Å². The molecule has 29 heavy (non-hydrogen) atoms. The Kier molecular flexibility index (Phi) is 4.79. The van der Waals surface area contributed by atoms with Gasteiger partial charge in [0.05, 0.1) is 23.6 Å². The van der Waals surface area contributed by atoms with Crippen molar-refractivity contribution >= 4 is 16.9 Å². The quantitative estimate of drug-likeness (QED) is 0.666. The monoisotopic (exact) mass is 391 g/mol. The molecule has 0 saturated carbocycles. The van der Waals surface area contributed by atoms with Crippen LogP contribution in [0.25, 0.3) is 11.0 Å². The fourth-order valence-electron chi connectivity index (χ4n) is 3.90. The highest BCUT2D eigenvalue weighted by Crippen LogP contribution is 2.38. The minimum atomic E-state index is -0.484. The van der Waals surface area contributed by atoms with Crippen LogP contribution in [0.15, 0.2) is 57.7 Å². The van der Waals surface area contributed by atoms with Crippen LogP contribution in [0.4, 0.5) is 0 Å². The molecule has 0 N–H and O–H groups in total. The second-order valence-electron chi connectivity index (χ2n) is 8.44. The smallest absolute Gasteiger partial charge is 0.290 e. The van der Waals surface area contributed by atoms with E-state index in [4.69, 9.17) is 9.15 Å². The Balaban J connectivity index is 1.90. The van der Waals surface area contributed by atoms with Crippen molar-refractivity contribution in [3.8, 4) is 0 Å². The van der Waals surface area contributed by atoms with E-state index in [0.717, 1.165) is 5.56 Å². The molecule has 0 spiro atoms. The van der Waals surface area contributed by atoms with E-state index in [-0.39, 0.29) is 22.5 Å². The Labute approximate surface area is 169 Å². The molecule has 1 unspecified atom stereocenters. The summed E-state index contributed by atoms with van der Waals surface area (Å²) in [6, 6.07) is 14.7. The Morgan fingerprint density at radius 3 is 2.38 bits per heavy atom. The number of para-hydroxylation sites is 1. The molecule has 0 bridgehead atoms. The maximum absolute atomic E-state index is 13.3. The number of carbonyl (C=O) groups excluding carboxylic acids is 1. The van der Waals surface area contributed by atoms with Crippen molar-refractivity contribution in [2.45, 2.75) is 32.2 Å². The highest BCUT2D eigenvalue weighted by Gasteiger charge is 2.42. The largest absolute Gasteiger partial charge is 0.450 e. The summed E-state index contributed by atoms with van der Waals surface area (Å²) in [7, 11) is 1.60. The molecule has 1 aliphatic heterocycles. The van der Waals surface area contributed by atoms with E-state index < -0.39 is 6.04 Å². The Bertz CT molecular complexity index is 1120. The van der Waals surface area contributed by atoms with E-state index in [2.05, 4.69) is 32.9 Å². The van der Waals surface area contributed by atoms with Crippen LogP contribution in [0.5, 0.6) is 0 Å². The lowest BCUT2D eigenvalue weighted by atomic mass is 9.86. The molecule has 2 heterocycles. The van der Waals surface area contributed by atoms with Crippen molar-refractivity contribution in [1.82, 2.24) is 4.90 Å². The van der Waals surface area contributed by atoms with Crippen LogP contribution in [0.1, 0.15) is 54.1 Å². The molecule has 3 aromatic rings. The van der Waals surface area contributed by atoms with Gasteiger partial charge >= 0.3 is 0 Å². The van der Waals surface area contributed by atoms with Crippen LogP contribution in [0, 0.1) is 0 Å². The van der Waals surface area contributed by atoms with Gasteiger partial charge in [-0.05, 0) is 28.7 Å². The summed E-state index contributed by atoms with van der Waals surface area (Å²) in [5.74, 6) is -0.139. The van der Waals surface area contributed by atoms with E-state index in [0.29, 0.717) is 29.7 Å². The van der Waals surface area contributed by atoms with Crippen LogP contribution in [-0.2, 0) is 10.2 Å². The van der Waals surface area contributed by atoms with Crippen molar-refractivity contribution in [2.24, 2.45) is 0 Å². The van der Waals surface area contributed by atoms with Gasteiger partial charge in [-0.15, -0.1) is 0 Å². The minimum Gasteiger partial charge on any atom is -0.450 e. The van der Waals surface area contributed by atoms with Crippen molar-refractivity contribution in [3.05, 3.63) is 81.2 Å². The number of benzene rings is 2. The van der Waals surface area contributed by atoms with Crippen molar-refractivity contribution in [1.29, 1.82) is 0 Å². The van der Waals surface area contributed by atoms with Crippen LogP contribution in [0.2, 0.25) is 0 Å². The lowest BCUT2D eigenvalue weighted by Crippen LogP contribution is -2.32. The second kappa shape index (κ2) is 7.16. The summed E-state index contributed by atoms with van der Waals surface area (Å²) in [6.45, 7) is 7.22.